The zero-order valence-corrected chi connectivity index (χ0v) is 14.0. The second-order valence-corrected chi connectivity index (χ2v) is 7.20. The van der Waals surface area contributed by atoms with Crippen molar-refractivity contribution in [1.82, 2.24) is 0 Å². The van der Waals surface area contributed by atoms with Crippen molar-refractivity contribution in [2.24, 2.45) is 11.3 Å². The Hall–Kier alpha value is -0.570. The summed E-state index contributed by atoms with van der Waals surface area (Å²) in [6, 6.07) is 0. The Morgan fingerprint density at radius 2 is 2.21 bits per heavy atom. The predicted molar refractivity (Wildman–Crippen MR) is 83.4 cm³/mol. The molecule has 1 fully saturated rings. The van der Waals surface area contributed by atoms with Gasteiger partial charge < -0.3 is 4.74 Å². The fraction of sp³-hybridized carbons (Fsp3) is 0.688. The van der Waals surface area contributed by atoms with Gasteiger partial charge in [0.05, 0.1) is 7.11 Å². The Bertz CT molecular complexity index is 382. The van der Waals surface area contributed by atoms with Gasteiger partial charge in [-0.1, -0.05) is 47.5 Å². The van der Waals surface area contributed by atoms with Crippen molar-refractivity contribution in [3.63, 3.8) is 0 Å². The van der Waals surface area contributed by atoms with Gasteiger partial charge in [0, 0.05) is 10.9 Å². The number of alkyl halides is 1. The van der Waals surface area contributed by atoms with Gasteiger partial charge in [0.15, 0.2) is 0 Å². The fourth-order valence-electron chi connectivity index (χ4n) is 2.88. The average Bonchev–Trinajstić information content (AvgIpc) is 2.33. The van der Waals surface area contributed by atoms with Crippen molar-refractivity contribution < 1.29 is 9.53 Å². The van der Waals surface area contributed by atoms with Crippen molar-refractivity contribution in [1.29, 1.82) is 0 Å². The minimum absolute atomic E-state index is 0.223. The highest BCUT2D eigenvalue weighted by atomic mass is 79.9. The van der Waals surface area contributed by atoms with Gasteiger partial charge in [-0.3, -0.25) is 0 Å². The van der Waals surface area contributed by atoms with Gasteiger partial charge in [-0.25, -0.2) is 4.79 Å². The zero-order chi connectivity index (χ0) is 14.6. The number of halogens is 1. The van der Waals surface area contributed by atoms with Crippen LogP contribution in [0.25, 0.3) is 0 Å². The molecule has 1 aliphatic rings. The Labute approximate surface area is 125 Å². The lowest BCUT2D eigenvalue weighted by Crippen LogP contribution is -2.38. The molecule has 1 aliphatic carbocycles. The number of ether oxygens (including phenoxy) is 1. The van der Waals surface area contributed by atoms with E-state index in [0.717, 1.165) is 24.8 Å². The first-order chi connectivity index (χ1) is 8.78. The molecule has 19 heavy (non-hydrogen) atoms. The molecular formula is C16H25BrO2. The van der Waals surface area contributed by atoms with Crippen LogP contribution in [0.3, 0.4) is 0 Å². The van der Waals surface area contributed by atoms with E-state index in [-0.39, 0.29) is 11.4 Å². The number of hydrogen-bond acceptors (Lipinski definition) is 2. The molecular weight excluding hydrogens is 304 g/mol. The van der Waals surface area contributed by atoms with E-state index < -0.39 is 0 Å². The third-order valence-corrected chi connectivity index (χ3v) is 5.95. The molecule has 2 nitrogen and oxygen atoms in total. The second kappa shape index (κ2) is 6.74. The van der Waals surface area contributed by atoms with Crippen LogP contribution in [-0.4, -0.2) is 17.9 Å². The Balaban J connectivity index is 2.67. The smallest absolute Gasteiger partial charge is 0.330 e. The van der Waals surface area contributed by atoms with Gasteiger partial charge in [0.2, 0.25) is 0 Å². The molecule has 0 radical (unpaired) electrons. The molecule has 1 rings (SSSR count). The first-order valence-electron chi connectivity index (χ1n) is 6.86. The Kier molecular flexibility index (Phi) is 5.84. The molecule has 1 saturated carbocycles. The normalized spacial score (nSPS) is 27.2. The van der Waals surface area contributed by atoms with Crippen LogP contribution >= 0.6 is 15.9 Å². The van der Waals surface area contributed by atoms with E-state index in [1.165, 1.54) is 19.1 Å². The summed E-state index contributed by atoms with van der Waals surface area (Å²) in [5, 5.41) is 0. The first-order valence-corrected chi connectivity index (χ1v) is 7.77. The molecule has 0 aromatic carbocycles. The maximum Gasteiger partial charge on any atom is 0.330 e. The van der Waals surface area contributed by atoms with Crippen LogP contribution in [0, 0.1) is 11.3 Å². The average molecular weight is 329 g/mol. The molecule has 0 spiro atoms. The minimum Gasteiger partial charge on any atom is -0.466 e. The number of allylic oxidation sites excluding steroid dienone is 2. The summed E-state index contributed by atoms with van der Waals surface area (Å²) >= 11 is 3.81. The summed E-state index contributed by atoms with van der Waals surface area (Å²) in [6.07, 6.45) is 5.82. The molecule has 0 heterocycles. The van der Waals surface area contributed by atoms with Crippen molar-refractivity contribution in [2.75, 3.05) is 7.11 Å². The van der Waals surface area contributed by atoms with Crippen LogP contribution in [0.2, 0.25) is 0 Å². The van der Waals surface area contributed by atoms with Gasteiger partial charge in [0.1, 0.15) is 0 Å². The van der Waals surface area contributed by atoms with Gasteiger partial charge in [0.25, 0.3) is 0 Å². The summed E-state index contributed by atoms with van der Waals surface area (Å²) < 4.78 is 4.65. The largest absolute Gasteiger partial charge is 0.466 e. The highest BCUT2D eigenvalue weighted by Crippen LogP contribution is 2.48. The maximum absolute atomic E-state index is 11.2. The third-order valence-electron chi connectivity index (χ3n) is 4.31. The Morgan fingerprint density at radius 1 is 1.58 bits per heavy atom. The molecule has 2 unspecified atom stereocenters. The number of rotatable bonds is 4. The SMILES string of the molecule is C=C1CCC(Br)C(C)(C)C1CC/C(C)=C/C(=O)OC. The van der Waals surface area contributed by atoms with E-state index >= 15 is 0 Å². The molecule has 0 aromatic heterocycles. The maximum atomic E-state index is 11.2. The number of hydrogen-bond donors (Lipinski definition) is 0. The third kappa shape index (κ3) is 4.20. The van der Waals surface area contributed by atoms with Crippen molar-refractivity contribution >= 4 is 21.9 Å². The second-order valence-electron chi connectivity index (χ2n) is 6.09. The standard InChI is InChI=1S/C16H25BrO2/c1-11(10-15(18)19-5)6-8-13-12(2)7-9-14(17)16(13,3)4/h10,13-14H,2,6-9H2,1,3-5H3/b11-10+. The molecule has 108 valence electrons. The summed E-state index contributed by atoms with van der Waals surface area (Å²) in [5.74, 6) is 0.240. The summed E-state index contributed by atoms with van der Waals surface area (Å²) in [6.45, 7) is 10.8. The van der Waals surface area contributed by atoms with Crippen molar-refractivity contribution in [3.8, 4) is 0 Å². The molecule has 0 aromatic rings. The Morgan fingerprint density at radius 3 is 2.79 bits per heavy atom. The quantitative estimate of drug-likeness (QED) is 0.325. The summed E-state index contributed by atoms with van der Waals surface area (Å²) in [4.78, 5) is 11.7. The summed E-state index contributed by atoms with van der Waals surface area (Å²) in [5.41, 5.74) is 2.65. The lowest BCUT2D eigenvalue weighted by Gasteiger charge is -2.44. The number of methoxy groups -OCH3 is 1. The minimum atomic E-state index is -0.266. The van der Waals surface area contributed by atoms with Crippen molar-refractivity contribution in [3.05, 3.63) is 23.8 Å². The predicted octanol–water partition coefficient (Wildman–Crippen LogP) is 4.64. The molecule has 3 heteroatoms. The van der Waals surface area contributed by atoms with E-state index in [9.17, 15) is 4.79 Å². The zero-order valence-electron chi connectivity index (χ0n) is 12.5. The van der Waals surface area contributed by atoms with Crippen LogP contribution in [0.5, 0.6) is 0 Å². The highest BCUT2D eigenvalue weighted by Gasteiger charge is 2.40. The topological polar surface area (TPSA) is 26.3 Å². The van der Waals surface area contributed by atoms with Gasteiger partial charge in [-0.05, 0) is 43.9 Å². The van der Waals surface area contributed by atoms with Crippen LogP contribution < -0.4 is 0 Å². The van der Waals surface area contributed by atoms with E-state index in [0.29, 0.717) is 10.7 Å². The lowest BCUT2D eigenvalue weighted by molar-refractivity contribution is -0.134. The molecule has 0 aliphatic heterocycles. The summed E-state index contributed by atoms with van der Waals surface area (Å²) in [7, 11) is 1.41. The van der Waals surface area contributed by atoms with Gasteiger partial charge in [-0.2, -0.15) is 0 Å². The van der Waals surface area contributed by atoms with Crippen LogP contribution in [0.4, 0.5) is 0 Å². The van der Waals surface area contributed by atoms with E-state index in [1.54, 1.807) is 6.08 Å². The lowest BCUT2D eigenvalue weighted by atomic mass is 9.65. The van der Waals surface area contributed by atoms with Crippen molar-refractivity contribution in [2.45, 2.75) is 51.3 Å². The number of carbonyl (C=O) groups is 1. The van der Waals surface area contributed by atoms with E-state index in [1.807, 2.05) is 6.92 Å². The highest BCUT2D eigenvalue weighted by molar-refractivity contribution is 9.09. The monoisotopic (exact) mass is 328 g/mol. The molecule has 0 saturated heterocycles. The van der Waals surface area contributed by atoms with E-state index in [4.69, 9.17) is 0 Å². The fourth-order valence-corrected chi connectivity index (χ4v) is 3.43. The molecule has 0 amide bonds. The van der Waals surface area contributed by atoms with Gasteiger partial charge in [-0.15, -0.1) is 0 Å². The van der Waals surface area contributed by atoms with Crippen LogP contribution in [0.1, 0.15) is 46.5 Å². The number of carbonyl (C=O) groups excluding carboxylic acids is 1. The van der Waals surface area contributed by atoms with Crippen LogP contribution in [-0.2, 0) is 9.53 Å². The molecule has 0 N–H and O–H groups in total. The molecule has 0 bridgehead atoms. The molecule has 2 atom stereocenters. The van der Waals surface area contributed by atoms with E-state index in [2.05, 4.69) is 41.1 Å². The first kappa shape index (κ1) is 16.5. The van der Waals surface area contributed by atoms with Crippen LogP contribution in [0.15, 0.2) is 23.8 Å². The van der Waals surface area contributed by atoms with Gasteiger partial charge >= 0.3 is 5.97 Å². The number of esters is 1.